The summed E-state index contributed by atoms with van der Waals surface area (Å²) in [7, 11) is -4.27. The smallest absolute Gasteiger partial charge is 0.492 e. The Labute approximate surface area is 189 Å². The Hall–Kier alpha value is -2.99. The number of alkyl halides is 3. The number of ether oxygens (including phenoxy) is 2. The number of amides is 1. The summed E-state index contributed by atoms with van der Waals surface area (Å²) < 4.78 is 74.5. The molecule has 0 spiro atoms. The number of halogens is 3. The molecular formula is C21H25F3N2O6S. The van der Waals surface area contributed by atoms with Crippen LogP contribution in [0.1, 0.15) is 20.8 Å². The summed E-state index contributed by atoms with van der Waals surface area (Å²) in [5, 5.41) is 12.0. The fourth-order valence-electron chi connectivity index (χ4n) is 2.87. The second kappa shape index (κ2) is 10.8. The average Bonchev–Trinajstić information content (AvgIpc) is 2.67. The van der Waals surface area contributed by atoms with Crippen molar-refractivity contribution in [1.82, 2.24) is 0 Å². The highest BCUT2D eigenvalue weighted by molar-refractivity contribution is 7.92. The molecule has 2 aromatic rings. The molecule has 0 aliphatic rings. The number of carbonyl (C=O) groups excluding carboxylic acids is 1. The number of sulfonamides is 1. The minimum atomic E-state index is -4.93. The summed E-state index contributed by atoms with van der Waals surface area (Å²) in [6.07, 6.45) is -4.93. The predicted octanol–water partition coefficient (Wildman–Crippen LogP) is 3.99. The highest BCUT2D eigenvalue weighted by atomic mass is 32.2. The van der Waals surface area contributed by atoms with E-state index in [4.69, 9.17) is 4.74 Å². The third-order valence-corrected chi connectivity index (χ3v) is 5.88. The van der Waals surface area contributed by atoms with Crippen LogP contribution in [-0.2, 0) is 14.8 Å². The molecule has 12 heteroatoms. The molecule has 1 amide bonds. The average molecular weight is 491 g/mol. The minimum Gasteiger partial charge on any atom is -0.492 e. The van der Waals surface area contributed by atoms with Gasteiger partial charge in [0.15, 0.2) is 0 Å². The SMILES string of the molecule is CCOc1cc(NC(=O)C(CO)C(C)C)ccc1S(=O)(=O)Nc1cccc(OC(F)(F)F)c1. The van der Waals surface area contributed by atoms with Crippen LogP contribution in [-0.4, -0.2) is 39.0 Å². The number of hydrogen-bond donors (Lipinski definition) is 3. The summed E-state index contributed by atoms with van der Waals surface area (Å²) in [6.45, 7) is 4.95. The molecule has 8 nitrogen and oxygen atoms in total. The van der Waals surface area contributed by atoms with Crippen molar-refractivity contribution in [2.24, 2.45) is 11.8 Å². The van der Waals surface area contributed by atoms with Gasteiger partial charge in [-0.1, -0.05) is 19.9 Å². The quantitative estimate of drug-likeness (QED) is 0.464. The summed E-state index contributed by atoms with van der Waals surface area (Å²) in [4.78, 5) is 12.1. The van der Waals surface area contributed by atoms with E-state index in [1.54, 1.807) is 20.8 Å². The van der Waals surface area contributed by atoms with E-state index in [1.807, 2.05) is 0 Å². The molecular weight excluding hydrogens is 465 g/mol. The van der Waals surface area contributed by atoms with E-state index in [0.717, 1.165) is 12.1 Å². The Morgan fingerprint density at radius 2 is 1.82 bits per heavy atom. The largest absolute Gasteiger partial charge is 0.573 e. The van der Waals surface area contributed by atoms with Gasteiger partial charge in [0.05, 0.1) is 24.8 Å². The molecule has 0 heterocycles. The highest BCUT2D eigenvalue weighted by Gasteiger charge is 2.31. The molecule has 0 aliphatic carbocycles. The van der Waals surface area contributed by atoms with Crippen LogP contribution in [0.15, 0.2) is 47.4 Å². The highest BCUT2D eigenvalue weighted by Crippen LogP contribution is 2.31. The first kappa shape index (κ1) is 26.3. The lowest BCUT2D eigenvalue weighted by Gasteiger charge is -2.19. The molecule has 0 saturated heterocycles. The fourth-order valence-corrected chi connectivity index (χ4v) is 4.05. The van der Waals surface area contributed by atoms with E-state index < -0.39 is 34.0 Å². The van der Waals surface area contributed by atoms with Gasteiger partial charge in [0.2, 0.25) is 5.91 Å². The standard InChI is InChI=1S/C21H25F3N2O6S/c1-4-31-18-11-14(25-20(28)17(12-27)13(2)3)8-9-19(18)33(29,30)26-15-6-5-7-16(10-15)32-21(22,23)24/h5-11,13,17,26-27H,4,12H2,1-3H3,(H,25,28). The van der Waals surface area contributed by atoms with Crippen molar-refractivity contribution in [3.05, 3.63) is 42.5 Å². The zero-order valence-electron chi connectivity index (χ0n) is 18.1. The van der Waals surface area contributed by atoms with E-state index in [9.17, 15) is 31.5 Å². The van der Waals surface area contributed by atoms with Gasteiger partial charge >= 0.3 is 6.36 Å². The molecule has 2 aromatic carbocycles. The van der Waals surface area contributed by atoms with Gasteiger partial charge in [0.25, 0.3) is 10.0 Å². The molecule has 0 radical (unpaired) electrons. The molecule has 0 saturated carbocycles. The molecule has 3 N–H and O–H groups in total. The van der Waals surface area contributed by atoms with Crippen LogP contribution in [0, 0.1) is 11.8 Å². The second-order valence-corrected chi connectivity index (χ2v) is 8.95. The maximum atomic E-state index is 12.9. The van der Waals surface area contributed by atoms with Crippen LogP contribution >= 0.6 is 0 Å². The molecule has 0 bridgehead atoms. The number of benzene rings is 2. The number of aliphatic hydroxyl groups excluding tert-OH is 1. The summed E-state index contributed by atoms with van der Waals surface area (Å²) >= 11 is 0. The lowest BCUT2D eigenvalue weighted by molar-refractivity contribution is -0.274. The van der Waals surface area contributed by atoms with E-state index in [1.165, 1.54) is 30.3 Å². The monoisotopic (exact) mass is 490 g/mol. The van der Waals surface area contributed by atoms with Crippen molar-refractivity contribution in [1.29, 1.82) is 0 Å². The van der Waals surface area contributed by atoms with E-state index >= 15 is 0 Å². The van der Waals surface area contributed by atoms with Crippen LogP contribution < -0.4 is 19.5 Å². The zero-order chi connectivity index (χ0) is 24.8. The lowest BCUT2D eigenvalue weighted by Crippen LogP contribution is -2.29. The normalized spacial score (nSPS) is 12.8. The molecule has 0 aromatic heterocycles. The fraction of sp³-hybridized carbons (Fsp3) is 0.381. The molecule has 33 heavy (non-hydrogen) atoms. The van der Waals surface area contributed by atoms with Crippen molar-refractivity contribution in [2.75, 3.05) is 23.3 Å². The summed E-state index contributed by atoms with van der Waals surface area (Å²) in [5.41, 5.74) is 0.0985. The van der Waals surface area contributed by atoms with Gasteiger partial charge < -0.3 is 19.9 Å². The zero-order valence-corrected chi connectivity index (χ0v) is 19.0. The predicted molar refractivity (Wildman–Crippen MR) is 116 cm³/mol. The Kier molecular flexibility index (Phi) is 8.56. The molecule has 1 unspecified atom stereocenters. The van der Waals surface area contributed by atoms with Gasteiger partial charge in [-0.2, -0.15) is 0 Å². The first-order chi connectivity index (χ1) is 15.4. The third-order valence-electron chi connectivity index (χ3n) is 4.46. The van der Waals surface area contributed by atoms with E-state index in [0.29, 0.717) is 0 Å². The number of aliphatic hydroxyl groups is 1. The van der Waals surface area contributed by atoms with Gasteiger partial charge in [-0.3, -0.25) is 9.52 Å². The van der Waals surface area contributed by atoms with E-state index in [-0.39, 0.29) is 41.2 Å². The van der Waals surface area contributed by atoms with Gasteiger partial charge in [0, 0.05) is 17.8 Å². The molecule has 0 aliphatic heterocycles. The van der Waals surface area contributed by atoms with Crippen LogP contribution in [0.2, 0.25) is 0 Å². The van der Waals surface area contributed by atoms with Crippen molar-refractivity contribution in [2.45, 2.75) is 32.0 Å². The van der Waals surface area contributed by atoms with E-state index in [2.05, 4.69) is 14.8 Å². The van der Waals surface area contributed by atoms with Gasteiger partial charge in [-0.25, -0.2) is 8.42 Å². The first-order valence-electron chi connectivity index (χ1n) is 9.93. The summed E-state index contributed by atoms with van der Waals surface area (Å²) in [6, 6.07) is 8.24. The van der Waals surface area contributed by atoms with Crippen molar-refractivity contribution in [3.8, 4) is 11.5 Å². The van der Waals surface area contributed by atoms with Crippen molar-refractivity contribution >= 4 is 27.3 Å². The van der Waals surface area contributed by atoms with Crippen molar-refractivity contribution < 1.29 is 41.0 Å². The van der Waals surface area contributed by atoms with Gasteiger partial charge in [-0.15, -0.1) is 13.2 Å². The minimum absolute atomic E-state index is 0.0735. The van der Waals surface area contributed by atoms with Crippen LogP contribution in [0.4, 0.5) is 24.5 Å². The van der Waals surface area contributed by atoms with Crippen LogP contribution in [0.5, 0.6) is 11.5 Å². The van der Waals surface area contributed by atoms with Gasteiger partial charge in [0.1, 0.15) is 16.4 Å². The number of carbonyl (C=O) groups is 1. The number of nitrogens with one attached hydrogen (secondary N) is 2. The Bertz CT molecular complexity index is 1070. The first-order valence-corrected chi connectivity index (χ1v) is 11.4. The number of rotatable bonds is 10. The molecule has 1 atom stereocenters. The second-order valence-electron chi connectivity index (χ2n) is 7.30. The third kappa shape index (κ3) is 7.53. The number of hydrogen-bond acceptors (Lipinski definition) is 6. The topological polar surface area (TPSA) is 114 Å². The Morgan fingerprint density at radius 1 is 1.12 bits per heavy atom. The van der Waals surface area contributed by atoms with Crippen LogP contribution in [0.25, 0.3) is 0 Å². The number of anilines is 2. The maximum absolute atomic E-state index is 12.9. The maximum Gasteiger partial charge on any atom is 0.573 e. The summed E-state index contributed by atoms with van der Waals surface area (Å²) in [5.74, 6) is -1.88. The lowest BCUT2D eigenvalue weighted by atomic mass is 9.96. The molecule has 182 valence electrons. The van der Waals surface area contributed by atoms with Crippen LogP contribution in [0.3, 0.4) is 0 Å². The van der Waals surface area contributed by atoms with Gasteiger partial charge in [-0.05, 0) is 37.1 Å². The Balaban J connectivity index is 2.31. The molecule has 2 rings (SSSR count). The Morgan fingerprint density at radius 3 is 2.39 bits per heavy atom. The molecule has 0 fully saturated rings. The van der Waals surface area contributed by atoms with Crippen molar-refractivity contribution in [3.63, 3.8) is 0 Å².